The predicted molar refractivity (Wildman–Crippen MR) is 82.0 cm³/mol. The number of primary amides is 1. The van der Waals surface area contributed by atoms with Gasteiger partial charge in [0, 0.05) is 5.56 Å². The summed E-state index contributed by atoms with van der Waals surface area (Å²) in [5, 5.41) is 0. The molecular weight excluding hydrogens is 300 g/mol. The lowest BCUT2D eigenvalue weighted by atomic mass is 10.1. The van der Waals surface area contributed by atoms with E-state index in [1.54, 1.807) is 24.3 Å². The highest BCUT2D eigenvalue weighted by atomic mass is 16.1. The lowest BCUT2D eigenvalue weighted by molar-refractivity contribution is 0.0999. The highest BCUT2D eigenvalue weighted by Crippen LogP contribution is 2.16. The molecule has 0 atom stereocenters. The van der Waals surface area contributed by atoms with Crippen molar-refractivity contribution in [2.45, 2.75) is 6.54 Å². The second-order valence-electron chi connectivity index (χ2n) is 4.82. The molecule has 0 unspecified atom stereocenters. The van der Waals surface area contributed by atoms with E-state index >= 15 is 0 Å². The zero-order valence-electron chi connectivity index (χ0n) is 11.8. The smallest absolute Gasteiger partial charge is 0.328 e. The third-order valence-electron chi connectivity index (χ3n) is 3.38. The van der Waals surface area contributed by atoms with Crippen molar-refractivity contribution in [2.24, 2.45) is 5.73 Å². The number of carbonyl (C=O) groups excluding carboxylic acids is 2. The first-order valence-electron chi connectivity index (χ1n) is 6.60. The lowest BCUT2D eigenvalue weighted by Crippen LogP contribution is -2.21. The van der Waals surface area contributed by atoms with Crippen molar-refractivity contribution >= 4 is 29.2 Å². The molecule has 0 bridgehead atoms. The van der Waals surface area contributed by atoms with E-state index in [1.807, 2.05) is 0 Å². The monoisotopic (exact) mass is 312 g/mol. The van der Waals surface area contributed by atoms with Gasteiger partial charge in [-0.1, -0.05) is 18.2 Å². The zero-order valence-corrected chi connectivity index (χ0v) is 11.8. The topological polar surface area (TPSA) is 150 Å². The van der Waals surface area contributed by atoms with Gasteiger partial charge in [-0.25, -0.2) is 14.8 Å². The Labute approximate surface area is 129 Å². The number of nitrogens with one attached hydrogen (secondary N) is 1. The molecule has 0 spiro atoms. The molecule has 0 saturated carbocycles. The maximum Gasteiger partial charge on any atom is 0.328 e. The van der Waals surface area contributed by atoms with E-state index in [2.05, 4.69) is 15.0 Å². The van der Waals surface area contributed by atoms with Crippen molar-refractivity contribution in [3.8, 4) is 0 Å². The number of nitrogens with two attached hydrogens (primary N) is 2. The van der Waals surface area contributed by atoms with Crippen LogP contribution in [0, 0.1) is 0 Å². The molecule has 0 aliphatic carbocycles. The second kappa shape index (κ2) is 5.37. The molecule has 2 heterocycles. The average Bonchev–Trinajstić information content (AvgIpc) is 2.84. The first kappa shape index (κ1) is 14.4. The highest BCUT2D eigenvalue weighted by molar-refractivity contribution is 5.94. The van der Waals surface area contributed by atoms with Gasteiger partial charge in [0.25, 0.3) is 0 Å². The molecular formula is C14H12N6O3. The Morgan fingerprint density at radius 3 is 2.74 bits per heavy atom. The van der Waals surface area contributed by atoms with E-state index in [4.69, 9.17) is 11.5 Å². The molecule has 23 heavy (non-hydrogen) atoms. The quantitative estimate of drug-likeness (QED) is 0.561. The number of aromatic amines is 1. The molecule has 0 radical (unpaired) electrons. The van der Waals surface area contributed by atoms with Gasteiger partial charge >= 0.3 is 5.69 Å². The predicted octanol–water partition coefficient (Wildman–Crippen LogP) is -0.338. The Kier molecular flexibility index (Phi) is 3.37. The largest absolute Gasteiger partial charge is 0.382 e. The van der Waals surface area contributed by atoms with Crippen LogP contribution >= 0.6 is 0 Å². The molecule has 9 heteroatoms. The fourth-order valence-electron chi connectivity index (χ4n) is 2.34. The summed E-state index contributed by atoms with van der Waals surface area (Å²) in [7, 11) is 0. The fraction of sp³-hybridized carbons (Fsp3) is 0.0714. The number of nitrogen functional groups attached to an aromatic ring is 1. The van der Waals surface area contributed by atoms with Crippen LogP contribution in [0.2, 0.25) is 0 Å². The Balaban J connectivity index is 2.20. The van der Waals surface area contributed by atoms with Crippen LogP contribution in [0.25, 0.3) is 11.2 Å². The minimum atomic E-state index is -0.601. The summed E-state index contributed by atoms with van der Waals surface area (Å²) in [4.78, 5) is 44.8. The third kappa shape index (κ3) is 2.44. The second-order valence-corrected chi connectivity index (χ2v) is 4.82. The summed E-state index contributed by atoms with van der Waals surface area (Å²) in [6.45, 7) is 0.0483. The van der Waals surface area contributed by atoms with E-state index in [9.17, 15) is 14.4 Å². The SMILES string of the molecule is NC(=O)c1ccccc1Cn1c(=O)[nH]c2c(N)nc(C=O)nc21. The van der Waals surface area contributed by atoms with Gasteiger partial charge < -0.3 is 16.5 Å². The standard InChI is InChI=1S/C14H12N6O3/c15-11-10-13(18-9(6-21)17-11)20(14(23)19-10)5-7-3-1-2-4-8(7)12(16)22/h1-4,6H,5H2,(H2,16,22)(H,19,23)(H2,15,17,18). The van der Waals surface area contributed by atoms with Gasteiger partial charge in [0.05, 0.1) is 6.54 Å². The van der Waals surface area contributed by atoms with Gasteiger partial charge in [0.15, 0.2) is 23.6 Å². The number of amides is 1. The number of aromatic nitrogens is 4. The number of imidazole rings is 1. The Morgan fingerprint density at radius 1 is 1.30 bits per heavy atom. The number of carbonyl (C=O) groups is 2. The summed E-state index contributed by atoms with van der Waals surface area (Å²) in [5.74, 6) is -0.738. The molecule has 0 aliphatic rings. The van der Waals surface area contributed by atoms with Crippen LogP contribution in [0.15, 0.2) is 29.1 Å². The Morgan fingerprint density at radius 2 is 2.04 bits per heavy atom. The van der Waals surface area contributed by atoms with Crippen molar-refractivity contribution in [3.05, 3.63) is 51.7 Å². The molecule has 3 aromatic rings. The third-order valence-corrected chi connectivity index (χ3v) is 3.38. The number of fused-ring (bicyclic) bond motifs is 1. The minimum absolute atomic E-state index is 0.00358. The number of anilines is 1. The number of rotatable bonds is 4. The van der Waals surface area contributed by atoms with Crippen LogP contribution in [0.3, 0.4) is 0 Å². The van der Waals surface area contributed by atoms with Crippen molar-refractivity contribution in [3.63, 3.8) is 0 Å². The van der Waals surface area contributed by atoms with Crippen LogP contribution < -0.4 is 17.2 Å². The number of H-pyrrole nitrogens is 1. The zero-order chi connectivity index (χ0) is 16.6. The number of benzene rings is 1. The first-order chi connectivity index (χ1) is 11.0. The maximum absolute atomic E-state index is 12.2. The summed E-state index contributed by atoms with van der Waals surface area (Å²) >= 11 is 0. The van der Waals surface area contributed by atoms with Gasteiger partial charge in [-0.05, 0) is 11.6 Å². The molecule has 0 saturated heterocycles. The van der Waals surface area contributed by atoms with Crippen molar-refractivity contribution < 1.29 is 9.59 Å². The van der Waals surface area contributed by atoms with Crippen molar-refractivity contribution in [1.82, 2.24) is 19.5 Å². The molecule has 1 aromatic carbocycles. The first-order valence-corrected chi connectivity index (χ1v) is 6.60. The molecule has 0 aliphatic heterocycles. The van der Waals surface area contributed by atoms with E-state index in [0.29, 0.717) is 17.4 Å². The number of nitrogens with zero attached hydrogens (tertiary/aromatic N) is 3. The van der Waals surface area contributed by atoms with Crippen molar-refractivity contribution in [1.29, 1.82) is 0 Å². The fourth-order valence-corrected chi connectivity index (χ4v) is 2.34. The summed E-state index contributed by atoms with van der Waals surface area (Å²) in [5.41, 5.74) is 11.8. The van der Waals surface area contributed by atoms with Crippen LogP contribution in [0.1, 0.15) is 26.5 Å². The molecule has 116 valence electrons. The van der Waals surface area contributed by atoms with Gasteiger partial charge in [0.2, 0.25) is 5.91 Å². The van der Waals surface area contributed by atoms with Crippen molar-refractivity contribution in [2.75, 3.05) is 5.73 Å². The Hall–Kier alpha value is -3.49. The van der Waals surface area contributed by atoms with Gasteiger partial charge in [0.1, 0.15) is 5.52 Å². The van der Waals surface area contributed by atoms with Gasteiger partial charge in [-0.2, -0.15) is 0 Å². The maximum atomic E-state index is 12.2. The van der Waals surface area contributed by atoms with E-state index < -0.39 is 11.6 Å². The molecule has 2 aromatic heterocycles. The van der Waals surface area contributed by atoms with Crippen LogP contribution in [0.5, 0.6) is 0 Å². The molecule has 3 rings (SSSR count). The number of aldehydes is 1. The lowest BCUT2D eigenvalue weighted by Gasteiger charge is -2.07. The van der Waals surface area contributed by atoms with E-state index in [1.165, 1.54) is 4.57 Å². The summed E-state index contributed by atoms with van der Waals surface area (Å²) in [6, 6.07) is 6.64. The van der Waals surface area contributed by atoms with E-state index in [0.717, 1.165) is 0 Å². The van der Waals surface area contributed by atoms with Crippen LogP contribution in [-0.4, -0.2) is 31.7 Å². The van der Waals surface area contributed by atoms with Gasteiger partial charge in [-0.3, -0.25) is 14.2 Å². The molecule has 0 fully saturated rings. The number of hydrogen-bond donors (Lipinski definition) is 3. The van der Waals surface area contributed by atoms with Gasteiger partial charge in [-0.15, -0.1) is 0 Å². The minimum Gasteiger partial charge on any atom is -0.382 e. The summed E-state index contributed by atoms with van der Waals surface area (Å²) in [6.07, 6.45) is 0.439. The normalized spacial score (nSPS) is 10.8. The van der Waals surface area contributed by atoms with E-state index in [-0.39, 0.29) is 29.4 Å². The molecule has 9 nitrogen and oxygen atoms in total. The average molecular weight is 312 g/mol. The van der Waals surface area contributed by atoms with Crippen LogP contribution in [-0.2, 0) is 6.54 Å². The van der Waals surface area contributed by atoms with Crippen LogP contribution in [0.4, 0.5) is 5.82 Å². The number of hydrogen-bond acceptors (Lipinski definition) is 6. The summed E-state index contributed by atoms with van der Waals surface area (Å²) < 4.78 is 1.27. The molecule has 5 N–H and O–H groups in total. The molecule has 1 amide bonds. The highest BCUT2D eigenvalue weighted by Gasteiger charge is 2.16. The Bertz CT molecular complexity index is 988.